The highest BCUT2D eigenvalue weighted by Gasteiger charge is 2.34. The van der Waals surface area contributed by atoms with E-state index in [2.05, 4.69) is 23.5 Å². The maximum absolute atomic E-state index is 12.4. The van der Waals surface area contributed by atoms with Crippen LogP contribution >= 0.6 is 0 Å². The van der Waals surface area contributed by atoms with Crippen LogP contribution in [0.4, 0.5) is 4.79 Å². The van der Waals surface area contributed by atoms with Crippen molar-refractivity contribution in [1.82, 2.24) is 10.2 Å². The number of urea groups is 1. The lowest BCUT2D eigenvalue weighted by Gasteiger charge is -2.20. The van der Waals surface area contributed by atoms with E-state index in [1.54, 1.807) is 0 Å². The third-order valence-corrected chi connectivity index (χ3v) is 4.45. The molecule has 108 valence electrons. The first-order valence-electron chi connectivity index (χ1n) is 7.49. The number of benzene rings is 2. The van der Waals surface area contributed by atoms with Gasteiger partial charge in [0, 0.05) is 12.1 Å². The van der Waals surface area contributed by atoms with Crippen molar-refractivity contribution in [3.63, 3.8) is 0 Å². The van der Waals surface area contributed by atoms with Gasteiger partial charge in [-0.2, -0.15) is 0 Å². The van der Waals surface area contributed by atoms with Crippen LogP contribution in [0.1, 0.15) is 24.6 Å². The SMILES string of the molecule is O=C1N[C@@H](c2cccc3ccccc23)OC[C@@H]2CCCN12. The molecule has 0 aromatic heterocycles. The monoisotopic (exact) mass is 282 g/mol. The standard InChI is InChI=1S/C17H18N2O2/c20-17-18-16(21-11-13-7-4-10-19(13)17)15-9-3-6-12-5-1-2-8-14(12)15/h1-3,5-6,8-9,13,16H,4,7,10-11H2,(H,18,20)/t13-,16+/m0/s1. The van der Waals surface area contributed by atoms with Gasteiger partial charge in [0.15, 0.2) is 6.23 Å². The highest BCUT2D eigenvalue weighted by atomic mass is 16.5. The van der Waals surface area contributed by atoms with Crippen molar-refractivity contribution in [1.29, 1.82) is 0 Å². The normalized spacial score (nSPS) is 25.5. The van der Waals surface area contributed by atoms with Crippen molar-refractivity contribution >= 4 is 16.8 Å². The second-order valence-electron chi connectivity index (χ2n) is 5.72. The van der Waals surface area contributed by atoms with Crippen molar-refractivity contribution in [2.45, 2.75) is 25.1 Å². The molecule has 2 aliphatic heterocycles. The Kier molecular flexibility index (Phi) is 3.04. The van der Waals surface area contributed by atoms with Crippen LogP contribution in [0.25, 0.3) is 10.8 Å². The van der Waals surface area contributed by atoms with Crippen molar-refractivity contribution in [2.75, 3.05) is 13.2 Å². The number of nitrogens with one attached hydrogen (secondary N) is 1. The van der Waals surface area contributed by atoms with Crippen molar-refractivity contribution in [3.05, 3.63) is 48.0 Å². The van der Waals surface area contributed by atoms with E-state index in [1.165, 1.54) is 0 Å². The highest BCUT2D eigenvalue weighted by Crippen LogP contribution is 2.29. The topological polar surface area (TPSA) is 41.6 Å². The highest BCUT2D eigenvalue weighted by molar-refractivity contribution is 5.86. The molecule has 2 saturated heterocycles. The Balaban J connectivity index is 1.70. The average Bonchev–Trinajstić information content (AvgIpc) is 2.94. The van der Waals surface area contributed by atoms with Crippen LogP contribution in [0, 0.1) is 0 Å². The summed E-state index contributed by atoms with van der Waals surface area (Å²) < 4.78 is 6.01. The summed E-state index contributed by atoms with van der Waals surface area (Å²) in [7, 11) is 0. The lowest BCUT2D eigenvalue weighted by Crippen LogP contribution is -2.41. The van der Waals surface area contributed by atoms with Crippen LogP contribution in [-0.2, 0) is 4.74 Å². The summed E-state index contributed by atoms with van der Waals surface area (Å²) in [5.41, 5.74) is 1.03. The minimum Gasteiger partial charge on any atom is -0.352 e. The first-order chi connectivity index (χ1) is 10.3. The predicted molar refractivity (Wildman–Crippen MR) is 80.9 cm³/mol. The van der Waals surface area contributed by atoms with Gasteiger partial charge in [-0.25, -0.2) is 4.79 Å². The van der Waals surface area contributed by atoms with Crippen molar-refractivity contribution in [2.24, 2.45) is 0 Å². The molecule has 0 saturated carbocycles. The van der Waals surface area contributed by atoms with Gasteiger partial charge in [-0.05, 0) is 23.6 Å². The Morgan fingerprint density at radius 2 is 2.00 bits per heavy atom. The van der Waals surface area contributed by atoms with E-state index in [0.717, 1.165) is 35.7 Å². The fraction of sp³-hybridized carbons (Fsp3) is 0.353. The summed E-state index contributed by atoms with van der Waals surface area (Å²) in [5.74, 6) is 0. The smallest absolute Gasteiger partial charge is 0.320 e. The Morgan fingerprint density at radius 3 is 2.95 bits per heavy atom. The summed E-state index contributed by atoms with van der Waals surface area (Å²) >= 11 is 0. The lowest BCUT2D eigenvalue weighted by atomic mass is 10.0. The summed E-state index contributed by atoms with van der Waals surface area (Å²) in [6.45, 7) is 1.44. The molecule has 4 nitrogen and oxygen atoms in total. The van der Waals surface area contributed by atoms with Gasteiger partial charge in [-0.1, -0.05) is 42.5 Å². The lowest BCUT2D eigenvalue weighted by molar-refractivity contribution is 0.0351. The molecule has 2 aliphatic rings. The molecule has 0 spiro atoms. The molecule has 0 aliphatic carbocycles. The molecule has 2 aromatic rings. The maximum Gasteiger partial charge on any atom is 0.320 e. The molecule has 0 radical (unpaired) electrons. The molecule has 0 unspecified atom stereocenters. The van der Waals surface area contributed by atoms with E-state index in [4.69, 9.17) is 4.74 Å². The molecular weight excluding hydrogens is 264 g/mol. The van der Waals surface area contributed by atoms with Gasteiger partial charge in [-0.3, -0.25) is 0 Å². The van der Waals surface area contributed by atoms with Gasteiger partial charge in [-0.15, -0.1) is 0 Å². The molecule has 1 N–H and O–H groups in total. The number of hydrogen-bond donors (Lipinski definition) is 1. The van der Waals surface area contributed by atoms with Gasteiger partial charge in [0.05, 0.1) is 12.6 Å². The largest absolute Gasteiger partial charge is 0.352 e. The number of nitrogens with zero attached hydrogens (tertiary/aromatic N) is 1. The second kappa shape index (κ2) is 5.04. The molecule has 2 heterocycles. The number of carbonyl (C=O) groups excluding carboxylic acids is 1. The molecule has 0 bridgehead atoms. The zero-order valence-electron chi connectivity index (χ0n) is 11.8. The Hall–Kier alpha value is -2.07. The Morgan fingerprint density at radius 1 is 1.14 bits per heavy atom. The summed E-state index contributed by atoms with van der Waals surface area (Å²) in [4.78, 5) is 14.3. The van der Waals surface area contributed by atoms with Gasteiger partial charge >= 0.3 is 6.03 Å². The fourth-order valence-corrected chi connectivity index (χ4v) is 3.37. The molecule has 4 rings (SSSR count). The quantitative estimate of drug-likeness (QED) is 0.873. The minimum atomic E-state index is -0.366. The molecule has 2 atom stereocenters. The molecular formula is C17H18N2O2. The summed E-state index contributed by atoms with van der Waals surface area (Å²) in [5, 5.41) is 5.32. The van der Waals surface area contributed by atoms with Gasteiger partial charge in [0.2, 0.25) is 0 Å². The minimum absolute atomic E-state index is 0.00654. The van der Waals surface area contributed by atoms with E-state index in [9.17, 15) is 4.79 Å². The first kappa shape index (κ1) is 12.7. The summed E-state index contributed by atoms with van der Waals surface area (Å²) in [6.07, 6.45) is 1.74. The second-order valence-corrected chi connectivity index (χ2v) is 5.72. The number of rotatable bonds is 1. The Bertz CT molecular complexity index is 680. The number of ether oxygens (including phenoxy) is 1. The fourth-order valence-electron chi connectivity index (χ4n) is 3.37. The number of amides is 2. The van der Waals surface area contributed by atoms with Crippen molar-refractivity contribution < 1.29 is 9.53 Å². The van der Waals surface area contributed by atoms with Gasteiger partial charge in [0.25, 0.3) is 0 Å². The number of carbonyl (C=O) groups is 1. The van der Waals surface area contributed by atoms with Crippen molar-refractivity contribution in [3.8, 4) is 0 Å². The van der Waals surface area contributed by atoms with E-state index >= 15 is 0 Å². The van der Waals surface area contributed by atoms with E-state index in [1.807, 2.05) is 29.2 Å². The molecule has 21 heavy (non-hydrogen) atoms. The van der Waals surface area contributed by atoms with Crippen LogP contribution in [-0.4, -0.2) is 30.1 Å². The van der Waals surface area contributed by atoms with E-state index in [0.29, 0.717) is 6.61 Å². The van der Waals surface area contributed by atoms with E-state index < -0.39 is 0 Å². The number of fused-ring (bicyclic) bond motifs is 2. The maximum atomic E-state index is 12.4. The van der Waals surface area contributed by atoms with Crippen LogP contribution in [0.3, 0.4) is 0 Å². The average molecular weight is 282 g/mol. The zero-order chi connectivity index (χ0) is 14.2. The van der Waals surface area contributed by atoms with E-state index in [-0.39, 0.29) is 18.3 Å². The molecule has 2 aromatic carbocycles. The van der Waals surface area contributed by atoms with Gasteiger partial charge < -0.3 is 15.0 Å². The van der Waals surface area contributed by atoms with Gasteiger partial charge in [0.1, 0.15) is 0 Å². The first-order valence-corrected chi connectivity index (χ1v) is 7.49. The Labute approximate surface area is 123 Å². The van der Waals surface area contributed by atoms with Crippen LogP contribution in [0.2, 0.25) is 0 Å². The third-order valence-electron chi connectivity index (χ3n) is 4.45. The summed E-state index contributed by atoms with van der Waals surface area (Å²) in [6, 6.07) is 14.5. The molecule has 4 heteroatoms. The predicted octanol–water partition coefficient (Wildman–Crippen LogP) is 3.04. The molecule has 2 amide bonds. The van der Waals surface area contributed by atoms with Crippen LogP contribution in [0.15, 0.2) is 42.5 Å². The molecule has 2 fully saturated rings. The third kappa shape index (κ3) is 2.16. The van der Waals surface area contributed by atoms with Crippen LogP contribution in [0.5, 0.6) is 0 Å². The zero-order valence-corrected chi connectivity index (χ0v) is 11.8. The number of hydrogen-bond acceptors (Lipinski definition) is 2. The van der Waals surface area contributed by atoms with Crippen LogP contribution < -0.4 is 5.32 Å².